The summed E-state index contributed by atoms with van der Waals surface area (Å²) in [5.74, 6) is 0.617. The fourth-order valence-electron chi connectivity index (χ4n) is 2.36. The highest BCUT2D eigenvalue weighted by molar-refractivity contribution is 7.99. The number of rotatable bonds is 4. The van der Waals surface area contributed by atoms with Gasteiger partial charge in [-0.25, -0.2) is 0 Å². The maximum Gasteiger partial charge on any atom is 0.313 e. The number of fused-ring (bicyclic) bond motifs is 2. The van der Waals surface area contributed by atoms with Gasteiger partial charge in [0.2, 0.25) is 0 Å². The van der Waals surface area contributed by atoms with Gasteiger partial charge in [0.05, 0.1) is 5.75 Å². The number of thioether (sulfide) groups is 1. The van der Waals surface area contributed by atoms with Gasteiger partial charge in [0.15, 0.2) is 0 Å². The van der Waals surface area contributed by atoms with Crippen molar-refractivity contribution in [2.24, 2.45) is 5.41 Å². The topological polar surface area (TPSA) is 40.5 Å². The van der Waals surface area contributed by atoms with Crippen molar-refractivity contribution < 1.29 is 9.90 Å². The molecule has 0 radical (unpaired) electrons. The van der Waals surface area contributed by atoms with Crippen molar-refractivity contribution in [2.75, 3.05) is 31.1 Å². The van der Waals surface area contributed by atoms with Crippen molar-refractivity contribution in [1.29, 1.82) is 0 Å². The Morgan fingerprint density at radius 1 is 1.46 bits per heavy atom. The number of carboxylic acid groups (broad SMARTS) is 1. The quantitative estimate of drug-likeness (QED) is 0.733. The molecule has 0 unspecified atom stereocenters. The highest BCUT2D eigenvalue weighted by atomic mass is 32.2. The predicted molar refractivity (Wildman–Crippen MR) is 53.1 cm³/mol. The zero-order valence-corrected chi connectivity index (χ0v) is 8.48. The van der Waals surface area contributed by atoms with Gasteiger partial charge in [-0.05, 0) is 31.3 Å². The summed E-state index contributed by atoms with van der Waals surface area (Å²) < 4.78 is 0. The van der Waals surface area contributed by atoms with Crippen molar-refractivity contribution in [3.63, 3.8) is 0 Å². The van der Waals surface area contributed by atoms with Crippen molar-refractivity contribution in [3.8, 4) is 0 Å². The molecule has 0 amide bonds. The molecule has 0 aromatic carbocycles. The van der Waals surface area contributed by atoms with Crippen molar-refractivity contribution in [2.45, 2.75) is 12.8 Å². The Kier molecular flexibility index (Phi) is 2.51. The van der Waals surface area contributed by atoms with E-state index < -0.39 is 5.97 Å². The molecule has 0 atom stereocenters. The number of carboxylic acids is 1. The molecule has 2 fully saturated rings. The van der Waals surface area contributed by atoms with E-state index in [-0.39, 0.29) is 5.75 Å². The Hall–Kier alpha value is -0.220. The standard InChI is InChI=1S/C9H15NO2S/c11-8(12)5-13-7-9-1-3-10(6-9)4-2-9/h1-7H2,(H,11,12). The first-order chi connectivity index (χ1) is 6.20. The molecule has 3 nitrogen and oxygen atoms in total. The van der Waals surface area contributed by atoms with Crippen LogP contribution in [0.1, 0.15) is 12.8 Å². The maximum absolute atomic E-state index is 10.3. The van der Waals surface area contributed by atoms with Crippen LogP contribution in [0.2, 0.25) is 0 Å². The third kappa shape index (κ3) is 1.99. The van der Waals surface area contributed by atoms with Crippen LogP contribution < -0.4 is 0 Å². The molecule has 2 heterocycles. The Bertz CT molecular complexity index is 212. The Balaban J connectivity index is 1.77. The average molecular weight is 201 g/mol. The van der Waals surface area contributed by atoms with Gasteiger partial charge in [0, 0.05) is 12.3 Å². The molecular weight excluding hydrogens is 186 g/mol. The van der Waals surface area contributed by atoms with E-state index in [2.05, 4.69) is 4.90 Å². The van der Waals surface area contributed by atoms with Crippen LogP contribution in [0.4, 0.5) is 0 Å². The summed E-state index contributed by atoms with van der Waals surface area (Å²) in [5, 5.41) is 8.52. The third-order valence-electron chi connectivity index (χ3n) is 3.11. The van der Waals surface area contributed by atoms with Crippen LogP contribution in [0.5, 0.6) is 0 Å². The van der Waals surface area contributed by atoms with E-state index in [4.69, 9.17) is 5.11 Å². The number of hydrogen-bond acceptors (Lipinski definition) is 3. The van der Waals surface area contributed by atoms with Crippen LogP contribution in [0.25, 0.3) is 0 Å². The molecule has 0 spiro atoms. The smallest absolute Gasteiger partial charge is 0.313 e. The van der Waals surface area contributed by atoms with Crippen molar-refractivity contribution in [1.82, 2.24) is 4.90 Å². The molecule has 2 saturated heterocycles. The molecule has 0 aromatic rings. The first-order valence-corrected chi connectivity index (χ1v) is 5.88. The number of carbonyl (C=O) groups is 1. The SMILES string of the molecule is O=C(O)CSCC12CCN(CC1)C2. The van der Waals surface area contributed by atoms with E-state index in [9.17, 15) is 4.79 Å². The Labute approximate surface area is 82.5 Å². The van der Waals surface area contributed by atoms with E-state index in [1.54, 1.807) is 11.8 Å². The normalized spacial score (nSPS) is 36.8. The number of nitrogens with zero attached hydrogens (tertiary/aromatic N) is 1. The lowest BCUT2D eigenvalue weighted by molar-refractivity contribution is -0.133. The third-order valence-corrected chi connectivity index (χ3v) is 4.38. The second-order valence-corrected chi connectivity index (χ2v) is 5.15. The highest BCUT2D eigenvalue weighted by Crippen LogP contribution is 2.42. The molecule has 0 aromatic heterocycles. The van der Waals surface area contributed by atoms with E-state index >= 15 is 0 Å². The maximum atomic E-state index is 10.3. The van der Waals surface area contributed by atoms with Gasteiger partial charge in [-0.3, -0.25) is 4.79 Å². The van der Waals surface area contributed by atoms with Crippen molar-refractivity contribution >= 4 is 17.7 Å². The van der Waals surface area contributed by atoms with Gasteiger partial charge < -0.3 is 10.0 Å². The lowest BCUT2D eigenvalue weighted by Gasteiger charge is -2.23. The van der Waals surface area contributed by atoms with Gasteiger partial charge in [0.1, 0.15) is 0 Å². The average Bonchev–Trinajstić information content (AvgIpc) is 2.62. The molecule has 0 aliphatic carbocycles. The zero-order chi connectivity index (χ0) is 9.31. The number of hydrogen-bond donors (Lipinski definition) is 1. The monoisotopic (exact) mass is 201 g/mol. The molecular formula is C9H15NO2S. The van der Waals surface area contributed by atoms with Gasteiger partial charge in [0.25, 0.3) is 0 Å². The largest absolute Gasteiger partial charge is 0.481 e. The fraction of sp³-hybridized carbons (Fsp3) is 0.889. The second-order valence-electron chi connectivity index (χ2n) is 4.16. The summed E-state index contributed by atoms with van der Waals surface area (Å²) in [4.78, 5) is 12.8. The predicted octanol–water partition coefficient (Wildman–Crippen LogP) is 0.900. The van der Waals surface area contributed by atoms with Gasteiger partial charge in [-0.1, -0.05) is 0 Å². The zero-order valence-electron chi connectivity index (χ0n) is 7.66. The molecule has 2 aliphatic rings. The van der Waals surface area contributed by atoms with E-state index in [1.165, 1.54) is 32.5 Å². The summed E-state index contributed by atoms with van der Waals surface area (Å²) in [6.45, 7) is 3.67. The number of aliphatic carboxylic acids is 1. The van der Waals surface area contributed by atoms with E-state index in [0.717, 1.165) is 5.75 Å². The lowest BCUT2D eigenvalue weighted by Crippen LogP contribution is -2.22. The minimum atomic E-state index is -0.686. The van der Waals surface area contributed by atoms with Gasteiger partial charge in [-0.15, -0.1) is 11.8 Å². The second kappa shape index (κ2) is 3.50. The first kappa shape index (κ1) is 9.34. The number of piperidine rings is 1. The molecule has 2 aliphatic heterocycles. The summed E-state index contributed by atoms with van der Waals surface area (Å²) in [7, 11) is 0. The summed E-state index contributed by atoms with van der Waals surface area (Å²) in [5.41, 5.74) is 0.472. The minimum Gasteiger partial charge on any atom is -0.481 e. The molecule has 4 heteroatoms. The molecule has 74 valence electrons. The Morgan fingerprint density at radius 3 is 2.62 bits per heavy atom. The summed E-state index contributed by atoms with van der Waals surface area (Å²) in [6.07, 6.45) is 2.55. The van der Waals surface area contributed by atoms with Crippen LogP contribution in [0, 0.1) is 5.41 Å². The summed E-state index contributed by atoms with van der Waals surface area (Å²) >= 11 is 1.58. The minimum absolute atomic E-state index is 0.266. The van der Waals surface area contributed by atoms with E-state index in [0.29, 0.717) is 5.41 Å². The van der Waals surface area contributed by atoms with Crippen LogP contribution in [0.15, 0.2) is 0 Å². The molecule has 1 N–H and O–H groups in total. The molecule has 13 heavy (non-hydrogen) atoms. The summed E-state index contributed by atoms with van der Waals surface area (Å²) in [6, 6.07) is 0. The molecule has 2 bridgehead atoms. The van der Waals surface area contributed by atoms with Gasteiger partial charge in [-0.2, -0.15) is 0 Å². The molecule has 0 saturated carbocycles. The molecule has 2 rings (SSSR count). The van der Waals surface area contributed by atoms with Crippen LogP contribution in [-0.2, 0) is 4.79 Å². The van der Waals surface area contributed by atoms with Crippen LogP contribution >= 0.6 is 11.8 Å². The van der Waals surface area contributed by atoms with E-state index in [1.807, 2.05) is 0 Å². The fourth-order valence-corrected chi connectivity index (χ4v) is 3.45. The highest BCUT2D eigenvalue weighted by Gasteiger charge is 2.43. The lowest BCUT2D eigenvalue weighted by atomic mass is 9.87. The first-order valence-electron chi connectivity index (χ1n) is 4.72. The van der Waals surface area contributed by atoms with Crippen molar-refractivity contribution in [3.05, 3.63) is 0 Å². The van der Waals surface area contributed by atoms with Crippen LogP contribution in [0.3, 0.4) is 0 Å². The van der Waals surface area contributed by atoms with Gasteiger partial charge >= 0.3 is 5.97 Å². The Morgan fingerprint density at radius 2 is 2.15 bits per heavy atom. The van der Waals surface area contributed by atoms with Crippen LogP contribution in [-0.4, -0.2) is 47.1 Å².